The third kappa shape index (κ3) is 5.45. The minimum atomic E-state index is -1.60. The van der Waals surface area contributed by atoms with E-state index in [0.717, 1.165) is 0 Å². The molecule has 0 heterocycles. The molecular formula is C2H3CoNO3. The minimum Gasteiger partial charge on any atom is -0.474 e. The van der Waals surface area contributed by atoms with Crippen LogP contribution in [0.2, 0.25) is 0 Å². The van der Waals surface area contributed by atoms with Gasteiger partial charge in [0.05, 0.1) is 0 Å². The smallest absolute Gasteiger partial charge is 0.394 e. The Morgan fingerprint density at radius 3 is 1.57 bits per heavy atom. The summed E-state index contributed by atoms with van der Waals surface area (Å²) in [5.41, 5.74) is 4.20. The fraction of sp³-hybridized carbons (Fsp3) is 0. The summed E-state index contributed by atoms with van der Waals surface area (Å²) in [5.74, 6) is -2.93. The summed E-state index contributed by atoms with van der Waals surface area (Å²) in [5, 5.41) is 7.52. The van der Waals surface area contributed by atoms with E-state index in [9.17, 15) is 9.59 Å². The number of hydrogen-bond acceptors (Lipinski definition) is 2. The quantitative estimate of drug-likeness (QED) is 0.412. The number of hydrogen-bond donors (Lipinski definition) is 2. The molecule has 0 aromatic heterocycles. The van der Waals surface area contributed by atoms with Gasteiger partial charge in [-0.1, -0.05) is 0 Å². The number of carbonyl (C=O) groups is 2. The van der Waals surface area contributed by atoms with Crippen molar-refractivity contribution in [2.75, 3.05) is 0 Å². The maximum Gasteiger partial charge on any atom is 0.394 e. The van der Waals surface area contributed by atoms with Crippen LogP contribution in [0.25, 0.3) is 0 Å². The van der Waals surface area contributed by atoms with Crippen LogP contribution in [0.15, 0.2) is 0 Å². The molecule has 0 aliphatic heterocycles. The predicted octanol–water partition coefficient (Wildman–Crippen LogP) is -1.45. The van der Waals surface area contributed by atoms with Crippen LogP contribution in [0.4, 0.5) is 0 Å². The molecule has 0 atom stereocenters. The second-order valence-corrected chi connectivity index (χ2v) is 0.669. The Balaban J connectivity index is 0. The Morgan fingerprint density at radius 1 is 1.43 bits per heavy atom. The molecule has 0 aliphatic carbocycles. The normalized spacial score (nSPS) is 6.29. The first-order chi connectivity index (χ1) is 2.64. The third-order valence-electron chi connectivity index (χ3n) is 0.211. The Hall–Kier alpha value is -0.554. The van der Waals surface area contributed by atoms with Gasteiger partial charge in [0.15, 0.2) is 0 Å². The molecule has 0 saturated heterocycles. The summed E-state index contributed by atoms with van der Waals surface area (Å²) in [7, 11) is 0. The molecule has 0 aliphatic rings. The molecule has 3 N–H and O–H groups in total. The number of carboxylic acid groups (broad SMARTS) is 1. The topological polar surface area (TPSA) is 80.4 Å². The first-order valence-electron chi connectivity index (χ1n) is 1.17. The Labute approximate surface area is 49.9 Å². The average molecular weight is 148 g/mol. The van der Waals surface area contributed by atoms with E-state index in [4.69, 9.17) is 5.11 Å². The van der Waals surface area contributed by atoms with Crippen molar-refractivity contribution in [2.24, 2.45) is 5.73 Å². The van der Waals surface area contributed by atoms with Gasteiger partial charge in [0, 0.05) is 16.8 Å². The van der Waals surface area contributed by atoms with E-state index >= 15 is 0 Å². The van der Waals surface area contributed by atoms with Crippen LogP contribution in [-0.4, -0.2) is 17.0 Å². The second kappa shape index (κ2) is 3.63. The SMILES string of the molecule is NC(=O)C(=O)O.[Co]. The molecular weight excluding hydrogens is 145 g/mol. The number of nitrogens with two attached hydrogens (primary N) is 1. The molecule has 0 aromatic carbocycles. The maximum absolute atomic E-state index is 9.32. The molecule has 1 amide bonds. The summed E-state index contributed by atoms with van der Waals surface area (Å²) in [6, 6.07) is 0. The van der Waals surface area contributed by atoms with E-state index < -0.39 is 11.9 Å². The molecule has 0 bridgehead atoms. The van der Waals surface area contributed by atoms with Crippen molar-refractivity contribution in [1.29, 1.82) is 0 Å². The summed E-state index contributed by atoms with van der Waals surface area (Å²) in [4.78, 5) is 18.5. The molecule has 0 unspecified atom stereocenters. The van der Waals surface area contributed by atoms with E-state index in [-0.39, 0.29) is 16.8 Å². The van der Waals surface area contributed by atoms with Gasteiger partial charge in [0.2, 0.25) is 0 Å². The van der Waals surface area contributed by atoms with Crippen LogP contribution >= 0.6 is 0 Å². The van der Waals surface area contributed by atoms with Crippen molar-refractivity contribution in [3.8, 4) is 0 Å². The van der Waals surface area contributed by atoms with E-state index in [1.54, 1.807) is 0 Å². The Bertz CT molecular complexity index is 78.9. The molecule has 4 nitrogen and oxygen atoms in total. The van der Waals surface area contributed by atoms with Gasteiger partial charge in [-0.15, -0.1) is 0 Å². The molecule has 0 fully saturated rings. The number of rotatable bonds is 0. The first kappa shape index (κ1) is 9.67. The Kier molecular flexibility index (Phi) is 5.02. The molecule has 43 valence electrons. The summed E-state index contributed by atoms with van der Waals surface area (Å²) >= 11 is 0. The van der Waals surface area contributed by atoms with Crippen LogP contribution in [-0.2, 0) is 26.4 Å². The number of aliphatic carboxylic acids is 1. The van der Waals surface area contributed by atoms with E-state index in [2.05, 4.69) is 5.73 Å². The van der Waals surface area contributed by atoms with Gasteiger partial charge in [-0.05, 0) is 0 Å². The molecule has 0 spiro atoms. The van der Waals surface area contributed by atoms with E-state index in [0.29, 0.717) is 0 Å². The van der Waals surface area contributed by atoms with Crippen LogP contribution < -0.4 is 5.73 Å². The van der Waals surface area contributed by atoms with Gasteiger partial charge in [-0.3, -0.25) is 4.79 Å². The average Bonchev–Trinajstić information content (AvgIpc) is 1.36. The van der Waals surface area contributed by atoms with Gasteiger partial charge < -0.3 is 10.8 Å². The fourth-order valence-electron chi connectivity index (χ4n) is 0. The number of primary amides is 1. The van der Waals surface area contributed by atoms with Crippen molar-refractivity contribution in [2.45, 2.75) is 0 Å². The predicted molar refractivity (Wildman–Crippen MR) is 16.8 cm³/mol. The minimum absolute atomic E-state index is 0. The van der Waals surface area contributed by atoms with Crippen molar-refractivity contribution in [1.82, 2.24) is 0 Å². The van der Waals surface area contributed by atoms with Gasteiger partial charge >= 0.3 is 11.9 Å². The van der Waals surface area contributed by atoms with Crippen molar-refractivity contribution >= 4 is 11.9 Å². The molecule has 0 saturated carbocycles. The third-order valence-corrected chi connectivity index (χ3v) is 0.211. The zero-order valence-electron chi connectivity index (χ0n) is 3.17. The van der Waals surface area contributed by atoms with E-state index in [1.165, 1.54) is 0 Å². The maximum atomic E-state index is 9.32. The number of carbonyl (C=O) groups excluding carboxylic acids is 1. The van der Waals surface area contributed by atoms with Gasteiger partial charge in [-0.2, -0.15) is 0 Å². The van der Waals surface area contributed by atoms with E-state index in [1.807, 2.05) is 0 Å². The van der Waals surface area contributed by atoms with Crippen molar-refractivity contribution < 1.29 is 31.5 Å². The molecule has 5 heteroatoms. The van der Waals surface area contributed by atoms with Crippen LogP contribution in [0, 0.1) is 0 Å². The summed E-state index contributed by atoms with van der Waals surface area (Å²) < 4.78 is 0. The van der Waals surface area contributed by atoms with Gasteiger partial charge in [0.1, 0.15) is 0 Å². The number of amides is 1. The van der Waals surface area contributed by atoms with Crippen molar-refractivity contribution in [3.63, 3.8) is 0 Å². The zero-order valence-corrected chi connectivity index (χ0v) is 4.22. The van der Waals surface area contributed by atoms with Crippen LogP contribution in [0.5, 0.6) is 0 Å². The first-order valence-corrected chi connectivity index (χ1v) is 1.17. The van der Waals surface area contributed by atoms with Crippen molar-refractivity contribution in [3.05, 3.63) is 0 Å². The molecule has 0 rings (SSSR count). The molecule has 0 aromatic rings. The Morgan fingerprint density at radius 2 is 1.57 bits per heavy atom. The summed E-state index contributed by atoms with van der Waals surface area (Å²) in [6.45, 7) is 0. The van der Waals surface area contributed by atoms with Crippen LogP contribution in [0.1, 0.15) is 0 Å². The standard InChI is InChI=1S/C2H3NO3.Co/c3-1(4)2(5)6;/h(H2,3,4)(H,5,6);. The monoisotopic (exact) mass is 148 g/mol. The largest absolute Gasteiger partial charge is 0.474 e. The second-order valence-electron chi connectivity index (χ2n) is 0.669. The van der Waals surface area contributed by atoms with Crippen LogP contribution in [0.3, 0.4) is 0 Å². The molecule has 1 radical (unpaired) electrons. The fourth-order valence-corrected chi connectivity index (χ4v) is 0. The zero-order chi connectivity index (χ0) is 5.15. The number of carboxylic acids is 1. The molecule has 7 heavy (non-hydrogen) atoms. The summed E-state index contributed by atoms with van der Waals surface area (Å²) in [6.07, 6.45) is 0. The van der Waals surface area contributed by atoms with Gasteiger partial charge in [-0.25, -0.2) is 4.79 Å². The van der Waals surface area contributed by atoms with Gasteiger partial charge in [0.25, 0.3) is 0 Å².